The van der Waals surface area contributed by atoms with E-state index < -0.39 is 16.4 Å². The van der Waals surface area contributed by atoms with Crippen molar-refractivity contribution in [3.05, 3.63) is 51.3 Å². The molecule has 2 aromatic carbocycles. The standard InChI is InChI=1S/C18H16FNO6/c1-23-15-7-11(8-16(24-2)18(15)26-4)5-6-12-9-13(19)10-14(20(21)22)17(12)25-3/h7-10H,1-4H3. The van der Waals surface area contributed by atoms with E-state index in [1.807, 2.05) is 0 Å². The summed E-state index contributed by atoms with van der Waals surface area (Å²) in [6, 6.07) is 5.06. The number of halogens is 1. The van der Waals surface area contributed by atoms with Gasteiger partial charge >= 0.3 is 5.69 Å². The Kier molecular flexibility index (Phi) is 5.86. The molecule has 0 aliphatic rings. The normalized spacial score (nSPS) is 9.73. The highest BCUT2D eigenvalue weighted by Crippen LogP contribution is 2.38. The monoisotopic (exact) mass is 361 g/mol. The van der Waals surface area contributed by atoms with Crippen LogP contribution in [0.3, 0.4) is 0 Å². The molecule has 2 rings (SSSR count). The third-order valence-corrected chi connectivity index (χ3v) is 3.44. The van der Waals surface area contributed by atoms with Crippen molar-refractivity contribution in [1.29, 1.82) is 0 Å². The van der Waals surface area contributed by atoms with Crippen molar-refractivity contribution >= 4 is 5.69 Å². The SMILES string of the molecule is COc1cc(C#Cc2cc(F)cc([N+](=O)[O-])c2OC)cc(OC)c1OC. The molecule has 0 heterocycles. The summed E-state index contributed by atoms with van der Waals surface area (Å²) in [4.78, 5) is 10.3. The smallest absolute Gasteiger partial charge is 0.315 e. The molecule has 7 nitrogen and oxygen atoms in total. The summed E-state index contributed by atoms with van der Waals surface area (Å²) in [7, 11) is 5.66. The largest absolute Gasteiger partial charge is 0.493 e. The van der Waals surface area contributed by atoms with E-state index in [-0.39, 0.29) is 11.3 Å². The van der Waals surface area contributed by atoms with Crippen molar-refractivity contribution in [3.63, 3.8) is 0 Å². The fourth-order valence-electron chi connectivity index (χ4n) is 2.31. The average Bonchev–Trinajstić information content (AvgIpc) is 2.64. The lowest BCUT2D eigenvalue weighted by Crippen LogP contribution is -1.98. The predicted octanol–water partition coefficient (Wildman–Crippen LogP) is 3.17. The van der Waals surface area contributed by atoms with E-state index in [0.717, 1.165) is 12.1 Å². The lowest BCUT2D eigenvalue weighted by molar-refractivity contribution is -0.386. The topological polar surface area (TPSA) is 80.1 Å². The molecule has 136 valence electrons. The van der Waals surface area contributed by atoms with Crippen LogP contribution in [0, 0.1) is 27.8 Å². The van der Waals surface area contributed by atoms with Crippen molar-refractivity contribution in [3.8, 4) is 34.8 Å². The van der Waals surface area contributed by atoms with Crippen LogP contribution in [0.2, 0.25) is 0 Å². The van der Waals surface area contributed by atoms with Gasteiger partial charge in [0, 0.05) is 5.56 Å². The molecule has 26 heavy (non-hydrogen) atoms. The summed E-state index contributed by atoms with van der Waals surface area (Å²) in [6.45, 7) is 0. The van der Waals surface area contributed by atoms with Gasteiger partial charge in [0.15, 0.2) is 11.5 Å². The minimum atomic E-state index is -0.785. The number of ether oxygens (including phenoxy) is 4. The Morgan fingerprint density at radius 1 is 0.885 bits per heavy atom. The molecule has 0 spiro atoms. The third-order valence-electron chi connectivity index (χ3n) is 3.44. The Balaban J connectivity index is 2.58. The van der Waals surface area contributed by atoms with E-state index in [0.29, 0.717) is 22.8 Å². The van der Waals surface area contributed by atoms with Gasteiger partial charge in [-0.05, 0) is 18.2 Å². The Morgan fingerprint density at radius 2 is 1.46 bits per heavy atom. The van der Waals surface area contributed by atoms with Crippen LogP contribution in [-0.2, 0) is 0 Å². The second-order valence-corrected chi connectivity index (χ2v) is 4.93. The highest BCUT2D eigenvalue weighted by Gasteiger charge is 2.20. The second kappa shape index (κ2) is 8.07. The first-order valence-corrected chi connectivity index (χ1v) is 7.29. The molecular formula is C18H16FNO6. The first-order chi connectivity index (χ1) is 12.4. The van der Waals surface area contributed by atoms with Gasteiger partial charge in [-0.1, -0.05) is 11.8 Å². The van der Waals surface area contributed by atoms with E-state index >= 15 is 0 Å². The summed E-state index contributed by atoms with van der Waals surface area (Å²) in [5.41, 5.74) is 0.0307. The molecule has 0 N–H and O–H groups in total. The maximum Gasteiger partial charge on any atom is 0.315 e. The van der Waals surface area contributed by atoms with Gasteiger partial charge in [-0.15, -0.1) is 0 Å². The van der Waals surface area contributed by atoms with Crippen LogP contribution in [0.5, 0.6) is 23.0 Å². The molecular weight excluding hydrogens is 345 g/mol. The van der Waals surface area contributed by atoms with Gasteiger partial charge in [-0.25, -0.2) is 4.39 Å². The average molecular weight is 361 g/mol. The molecule has 8 heteroatoms. The van der Waals surface area contributed by atoms with Crippen LogP contribution in [0.1, 0.15) is 11.1 Å². The van der Waals surface area contributed by atoms with Crippen molar-refractivity contribution < 1.29 is 28.3 Å². The number of benzene rings is 2. The third kappa shape index (κ3) is 3.78. The van der Waals surface area contributed by atoms with Crippen LogP contribution < -0.4 is 18.9 Å². The second-order valence-electron chi connectivity index (χ2n) is 4.93. The van der Waals surface area contributed by atoms with Crippen LogP contribution in [0.25, 0.3) is 0 Å². The van der Waals surface area contributed by atoms with Crippen LogP contribution >= 0.6 is 0 Å². The molecule has 0 unspecified atom stereocenters. The zero-order valence-electron chi connectivity index (χ0n) is 14.6. The highest BCUT2D eigenvalue weighted by atomic mass is 19.1. The van der Waals surface area contributed by atoms with Gasteiger partial charge in [-0.2, -0.15) is 0 Å². The molecule has 0 saturated carbocycles. The Hall–Kier alpha value is -3.47. The lowest BCUT2D eigenvalue weighted by atomic mass is 10.1. The van der Waals surface area contributed by atoms with Crippen LogP contribution in [-0.4, -0.2) is 33.4 Å². The minimum Gasteiger partial charge on any atom is -0.493 e. The first kappa shape index (κ1) is 18.9. The van der Waals surface area contributed by atoms with Crippen molar-refractivity contribution in [2.75, 3.05) is 28.4 Å². The van der Waals surface area contributed by atoms with Crippen molar-refractivity contribution in [2.45, 2.75) is 0 Å². The number of rotatable bonds is 5. The van der Waals surface area contributed by atoms with E-state index in [1.54, 1.807) is 12.1 Å². The zero-order valence-corrected chi connectivity index (χ0v) is 14.6. The van der Waals surface area contributed by atoms with Crippen molar-refractivity contribution in [2.24, 2.45) is 0 Å². The summed E-state index contributed by atoms with van der Waals surface area (Å²) in [6.07, 6.45) is 0. The molecule has 0 amide bonds. The maximum atomic E-state index is 13.7. The molecule has 0 atom stereocenters. The first-order valence-electron chi connectivity index (χ1n) is 7.29. The number of hydrogen-bond acceptors (Lipinski definition) is 6. The van der Waals surface area contributed by atoms with E-state index in [2.05, 4.69) is 11.8 Å². The highest BCUT2D eigenvalue weighted by molar-refractivity contribution is 5.62. The molecule has 0 aliphatic carbocycles. The Morgan fingerprint density at radius 3 is 1.92 bits per heavy atom. The number of nitrogens with zero attached hydrogens (tertiary/aromatic N) is 1. The van der Waals surface area contributed by atoms with Gasteiger partial charge in [-0.3, -0.25) is 10.1 Å². The maximum absolute atomic E-state index is 13.7. The molecule has 0 aliphatic heterocycles. The van der Waals surface area contributed by atoms with Gasteiger partial charge in [0.1, 0.15) is 5.82 Å². The Bertz CT molecular complexity index is 876. The quantitative estimate of drug-likeness (QED) is 0.462. The van der Waals surface area contributed by atoms with Crippen molar-refractivity contribution in [1.82, 2.24) is 0 Å². The molecule has 0 radical (unpaired) electrons. The van der Waals surface area contributed by atoms with E-state index in [9.17, 15) is 14.5 Å². The van der Waals surface area contributed by atoms with Gasteiger partial charge in [0.2, 0.25) is 11.5 Å². The van der Waals surface area contributed by atoms with E-state index in [4.69, 9.17) is 18.9 Å². The number of nitro groups is 1. The number of methoxy groups -OCH3 is 4. The fraction of sp³-hybridized carbons (Fsp3) is 0.222. The van der Waals surface area contributed by atoms with Gasteiger partial charge in [0.05, 0.1) is 45.0 Å². The summed E-state index contributed by atoms with van der Waals surface area (Å²) < 4.78 is 34.4. The summed E-state index contributed by atoms with van der Waals surface area (Å²) in [5.74, 6) is 5.78. The minimum absolute atomic E-state index is 0.0490. The van der Waals surface area contributed by atoms with Gasteiger partial charge < -0.3 is 18.9 Å². The van der Waals surface area contributed by atoms with E-state index in [1.165, 1.54) is 28.4 Å². The number of hydrogen-bond donors (Lipinski definition) is 0. The van der Waals surface area contributed by atoms with Crippen LogP contribution in [0.15, 0.2) is 24.3 Å². The number of nitro benzene ring substituents is 1. The van der Waals surface area contributed by atoms with Crippen LogP contribution in [0.4, 0.5) is 10.1 Å². The summed E-state index contributed by atoms with van der Waals surface area (Å²) >= 11 is 0. The molecule has 0 aromatic heterocycles. The molecule has 0 bridgehead atoms. The molecule has 0 fully saturated rings. The fourth-order valence-corrected chi connectivity index (χ4v) is 2.31. The Labute approximate surface area is 149 Å². The molecule has 0 saturated heterocycles. The predicted molar refractivity (Wildman–Crippen MR) is 91.7 cm³/mol. The summed E-state index contributed by atoms with van der Waals surface area (Å²) in [5, 5.41) is 11.1. The molecule has 2 aromatic rings. The zero-order chi connectivity index (χ0) is 19.3. The van der Waals surface area contributed by atoms with Gasteiger partial charge in [0.25, 0.3) is 0 Å². The lowest BCUT2D eigenvalue weighted by Gasteiger charge is -2.12.